The summed E-state index contributed by atoms with van der Waals surface area (Å²) in [6.45, 7) is 6.03. The summed E-state index contributed by atoms with van der Waals surface area (Å²) in [7, 11) is 1.78. The Hall–Kier alpha value is -2.00. The summed E-state index contributed by atoms with van der Waals surface area (Å²) >= 11 is 6.00. The lowest BCUT2D eigenvalue weighted by Gasteiger charge is -2.14. The highest BCUT2D eigenvalue weighted by atomic mass is 35.5. The van der Waals surface area contributed by atoms with Gasteiger partial charge in [0, 0.05) is 23.4 Å². The Morgan fingerprint density at radius 3 is 2.24 bits per heavy atom. The van der Waals surface area contributed by atoms with Gasteiger partial charge in [-0.05, 0) is 50.1 Å². The van der Waals surface area contributed by atoms with Gasteiger partial charge in [-0.15, -0.1) is 0 Å². The Kier molecular flexibility index (Phi) is 4.53. The van der Waals surface area contributed by atoms with E-state index in [1.807, 2.05) is 20.8 Å². The van der Waals surface area contributed by atoms with E-state index in [4.69, 9.17) is 11.6 Å². The number of rotatable bonds is 3. The molecule has 0 aliphatic heterocycles. The molecule has 2 N–H and O–H groups in total. The first-order valence-electron chi connectivity index (χ1n) is 6.79. The van der Waals surface area contributed by atoms with E-state index >= 15 is 0 Å². The van der Waals surface area contributed by atoms with Crippen LogP contribution in [0.2, 0.25) is 5.02 Å². The molecule has 1 amide bonds. The van der Waals surface area contributed by atoms with Crippen LogP contribution in [0, 0.1) is 20.8 Å². The average Bonchev–Trinajstić information content (AvgIpc) is 2.42. The van der Waals surface area contributed by atoms with E-state index < -0.39 is 0 Å². The zero-order chi connectivity index (χ0) is 15.6. The monoisotopic (exact) mass is 302 g/mol. The normalized spacial score (nSPS) is 10.3. The highest BCUT2D eigenvalue weighted by molar-refractivity contribution is 6.31. The van der Waals surface area contributed by atoms with Gasteiger partial charge < -0.3 is 10.6 Å². The number of carbonyl (C=O) groups excluding carboxylic acids is 1. The molecule has 110 valence electrons. The molecule has 0 aliphatic rings. The molecule has 0 spiro atoms. The molecule has 21 heavy (non-hydrogen) atoms. The van der Waals surface area contributed by atoms with E-state index in [2.05, 4.69) is 22.8 Å². The topological polar surface area (TPSA) is 41.1 Å². The number of hydrogen-bond acceptors (Lipinski definition) is 2. The highest BCUT2D eigenvalue weighted by Crippen LogP contribution is 2.25. The van der Waals surface area contributed by atoms with Crippen LogP contribution in [0.15, 0.2) is 30.3 Å². The number of benzene rings is 2. The number of hydrogen-bond donors (Lipinski definition) is 2. The maximum Gasteiger partial charge on any atom is 0.257 e. The zero-order valence-electron chi connectivity index (χ0n) is 12.7. The number of carbonyl (C=O) groups is 1. The average molecular weight is 303 g/mol. The van der Waals surface area contributed by atoms with Crippen LogP contribution in [0.5, 0.6) is 0 Å². The lowest BCUT2D eigenvalue weighted by Crippen LogP contribution is -2.15. The minimum Gasteiger partial charge on any atom is -0.387 e. The molecular formula is C17H19ClN2O. The van der Waals surface area contributed by atoms with Gasteiger partial charge in [-0.25, -0.2) is 0 Å². The summed E-state index contributed by atoms with van der Waals surface area (Å²) in [5.74, 6) is -0.170. The third kappa shape index (κ3) is 3.37. The minimum atomic E-state index is -0.170. The van der Waals surface area contributed by atoms with Crippen molar-refractivity contribution in [1.29, 1.82) is 0 Å². The smallest absolute Gasteiger partial charge is 0.257 e. The van der Waals surface area contributed by atoms with Gasteiger partial charge in [0.2, 0.25) is 0 Å². The first kappa shape index (κ1) is 15.4. The van der Waals surface area contributed by atoms with Crippen molar-refractivity contribution < 1.29 is 4.79 Å². The van der Waals surface area contributed by atoms with Crippen molar-refractivity contribution in [1.82, 2.24) is 0 Å². The fraction of sp³-hybridized carbons (Fsp3) is 0.235. The molecule has 2 aromatic carbocycles. The molecule has 2 rings (SSSR count). The maximum atomic E-state index is 12.5. The van der Waals surface area contributed by atoms with E-state index in [0.29, 0.717) is 10.6 Å². The first-order valence-corrected chi connectivity index (χ1v) is 7.16. The standard InChI is InChI=1S/C17H19ClN2O/c1-10-7-11(2)16(12(3)8-10)20-17(21)14-9-13(18)5-6-15(14)19-4/h5-9,19H,1-4H3,(H,20,21). The summed E-state index contributed by atoms with van der Waals surface area (Å²) in [6, 6.07) is 9.33. The van der Waals surface area contributed by atoms with Crippen LogP contribution in [0.25, 0.3) is 0 Å². The molecule has 2 aromatic rings. The number of halogens is 1. The van der Waals surface area contributed by atoms with Crippen LogP contribution >= 0.6 is 11.6 Å². The lowest BCUT2D eigenvalue weighted by molar-refractivity contribution is 0.102. The van der Waals surface area contributed by atoms with Gasteiger partial charge in [0.1, 0.15) is 0 Å². The van der Waals surface area contributed by atoms with Gasteiger partial charge in [-0.2, -0.15) is 0 Å². The first-order chi connectivity index (χ1) is 9.92. The molecule has 0 aliphatic carbocycles. The minimum absolute atomic E-state index is 0.170. The molecule has 3 nitrogen and oxygen atoms in total. The largest absolute Gasteiger partial charge is 0.387 e. The molecular weight excluding hydrogens is 284 g/mol. The van der Waals surface area contributed by atoms with Gasteiger partial charge in [0.05, 0.1) is 5.56 Å². The third-order valence-corrected chi connectivity index (χ3v) is 3.65. The van der Waals surface area contributed by atoms with Gasteiger partial charge in [0.15, 0.2) is 0 Å². The third-order valence-electron chi connectivity index (χ3n) is 3.41. The Morgan fingerprint density at radius 1 is 1.05 bits per heavy atom. The van der Waals surface area contributed by atoms with Crippen molar-refractivity contribution in [3.8, 4) is 0 Å². The molecule has 0 saturated carbocycles. The van der Waals surface area contributed by atoms with E-state index in [-0.39, 0.29) is 5.91 Å². The van der Waals surface area contributed by atoms with Crippen LogP contribution in [0.1, 0.15) is 27.0 Å². The summed E-state index contributed by atoms with van der Waals surface area (Å²) < 4.78 is 0. The zero-order valence-corrected chi connectivity index (χ0v) is 13.4. The van der Waals surface area contributed by atoms with Crippen molar-refractivity contribution in [3.05, 3.63) is 57.6 Å². The van der Waals surface area contributed by atoms with E-state index in [1.165, 1.54) is 5.56 Å². The highest BCUT2D eigenvalue weighted by Gasteiger charge is 2.14. The predicted octanol–water partition coefficient (Wildman–Crippen LogP) is 4.56. The maximum absolute atomic E-state index is 12.5. The van der Waals surface area contributed by atoms with E-state index in [0.717, 1.165) is 22.5 Å². The van der Waals surface area contributed by atoms with Crippen LogP contribution in [-0.4, -0.2) is 13.0 Å². The van der Waals surface area contributed by atoms with Crippen molar-refractivity contribution in [3.63, 3.8) is 0 Å². The quantitative estimate of drug-likeness (QED) is 0.872. The second kappa shape index (κ2) is 6.19. The molecule has 0 fully saturated rings. The van der Waals surface area contributed by atoms with Gasteiger partial charge >= 0.3 is 0 Å². The number of aryl methyl sites for hydroxylation is 3. The number of nitrogens with one attached hydrogen (secondary N) is 2. The SMILES string of the molecule is CNc1ccc(Cl)cc1C(=O)Nc1c(C)cc(C)cc1C. The number of anilines is 2. The second-order valence-corrected chi connectivity index (χ2v) is 5.60. The Bertz CT molecular complexity index is 672. The van der Waals surface area contributed by atoms with Crippen molar-refractivity contribution in [2.45, 2.75) is 20.8 Å². The molecule has 0 unspecified atom stereocenters. The van der Waals surface area contributed by atoms with Crippen molar-refractivity contribution in [2.75, 3.05) is 17.7 Å². The summed E-state index contributed by atoms with van der Waals surface area (Å²) in [5, 5.41) is 6.53. The second-order valence-electron chi connectivity index (χ2n) is 5.17. The lowest BCUT2D eigenvalue weighted by atomic mass is 10.0. The molecule has 0 heterocycles. The van der Waals surface area contributed by atoms with Crippen LogP contribution in [0.4, 0.5) is 11.4 Å². The van der Waals surface area contributed by atoms with Crippen molar-refractivity contribution >= 4 is 28.9 Å². The molecule has 0 radical (unpaired) electrons. The molecule has 0 saturated heterocycles. The van der Waals surface area contributed by atoms with Crippen LogP contribution in [-0.2, 0) is 0 Å². The summed E-state index contributed by atoms with van der Waals surface area (Å²) in [5.41, 5.74) is 5.42. The van der Waals surface area contributed by atoms with Gasteiger partial charge in [-0.3, -0.25) is 4.79 Å². The predicted molar refractivity (Wildman–Crippen MR) is 89.6 cm³/mol. The van der Waals surface area contributed by atoms with E-state index in [1.54, 1.807) is 25.2 Å². The Balaban J connectivity index is 2.37. The molecule has 0 atom stereocenters. The molecule has 4 heteroatoms. The molecule has 0 aromatic heterocycles. The fourth-order valence-corrected chi connectivity index (χ4v) is 2.65. The fourth-order valence-electron chi connectivity index (χ4n) is 2.48. The van der Waals surface area contributed by atoms with Gasteiger partial charge in [0.25, 0.3) is 5.91 Å². The van der Waals surface area contributed by atoms with Crippen LogP contribution < -0.4 is 10.6 Å². The Morgan fingerprint density at radius 2 is 1.67 bits per heavy atom. The summed E-state index contributed by atoms with van der Waals surface area (Å²) in [4.78, 5) is 12.5. The van der Waals surface area contributed by atoms with Gasteiger partial charge in [-0.1, -0.05) is 29.3 Å². The number of amides is 1. The van der Waals surface area contributed by atoms with E-state index in [9.17, 15) is 4.79 Å². The Labute approximate surface area is 130 Å². The molecule has 0 bridgehead atoms. The van der Waals surface area contributed by atoms with Crippen LogP contribution in [0.3, 0.4) is 0 Å². The summed E-state index contributed by atoms with van der Waals surface area (Å²) in [6.07, 6.45) is 0. The van der Waals surface area contributed by atoms with Crippen molar-refractivity contribution in [2.24, 2.45) is 0 Å².